The van der Waals surface area contributed by atoms with Crippen molar-refractivity contribution in [3.05, 3.63) is 83.1 Å². The molecule has 0 spiro atoms. The second-order valence-electron chi connectivity index (χ2n) is 8.07. The van der Waals surface area contributed by atoms with Gasteiger partial charge in [0.15, 0.2) is 17.6 Å². The number of benzene rings is 1. The van der Waals surface area contributed by atoms with Gasteiger partial charge in [0.25, 0.3) is 5.91 Å². The summed E-state index contributed by atoms with van der Waals surface area (Å²) in [5.41, 5.74) is 3.94. The van der Waals surface area contributed by atoms with E-state index in [1.54, 1.807) is 6.07 Å². The highest BCUT2D eigenvalue weighted by Crippen LogP contribution is 2.24. The lowest BCUT2D eigenvalue weighted by Gasteiger charge is -2.34. The molecule has 5 rings (SSSR count). The Labute approximate surface area is 165 Å². The molecule has 5 nitrogen and oxygen atoms in total. The van der Waals surface area contributed by atoms with Gasteiger partial charge in [0.05, 0.1) is 18.8 Å². The van der Waals surface area contributed by atoms with Gasteiger partial charge in [-0.2, -0.15) is 0 Å². The van der Waals surface area contributed by atoms with E-state index in [0.29, 0.717) is 11.8 Å². The van der Waals surface area contributed by atoms with Gasteiger partial charge in [0.1, 0.15) is 6.54 Å². The Morgan fingerprint density at radius 1 is 1.21 bits per heavy atom. The number of aryl methyl sites for hydroxylation is 1. The molecule has 0 bridgehead atoms. The quantitative estimate of drug-likeness (QED) is 0.719. The number of aromatic nitrogens is 1. The minimum absolute atomic E-state index is 0.0912. The second-order valence-corrected chi connectivity index (χ2v) is 8.07. The molecular weight excluding hydrogens is 350 g/mol. The highest BCUT2D eigenvalue weighted by Gasteiger charge is 2.33. The van der Waals surface area contributed by atoms with E-state index < -0.39 is 0 Å². The predicted molar refractivity (Wildman–Crippen MR) is 106 cm³/mol. The third-order valence-electron chi connectivity index (χ3n) is 5.82. The summed E-state index contributed by atoms with van der Waals surface area (Å²) in [6.45, 7) is 4.92. The first-order valence-electron chi connectivity index (χ1n) is 10.1. The molecule has 1 aliphatic carbocycles. The summed E-state index contributed by atoms with van der Waals surface area (Å²) in [5, 5.41) is 2.99. The molecule has 1 unspecified atom stereocenters. The number of nitrogens with one attached hydrogen (secondary N) is 2. The lowest BCUT2D eigenvalue weighted by molar-refractivity contribution is -0.944. The van der Waals surface area contributed by atoms with Gasteiger partial charge in [-0.3, -0.25) is 4.79 Å². The number of furan rings is 1. The van der Waals surface area contributed by atoms with Crippen molar-refractivity contribution in [1.82, 2.24) is 9.88 Å². The summed E-state index contributed by atoms with van der Waals surface area (Å²) in [5.74, 6) is 1.20. The Morgan fingerprint density at radius 3 is 2.93 bits per heavy atom. The molecule has 2 aliphatic rings. The van der Waals surface area contributed by atoms with Crippen LogP contribution in [0.5, 0.6) is 0 Å². The minimum atomic E-state index is -0.0912. The average Bonchev–Trinajstić information content (AvgIpc) is 3.17. The van der Waals surface area contributed by atoms with E-state index in [1.165, 1.54) is 21.7 Å². The van der Waals surface area contributed by atoms with Crippen LogP contribution >= 0.6 is 0 Å². The topological polar surface area (TPSA) is 51.6 Å². The van der Waals surface area contributed by atoms with Crippen LogP contribution in [0.1, 0.15) is 52.0 Å². The molecule has 144 valence electrons. The monoisotopic (exact) mass is 376 g/mol. The van der Waals surface area contributed by atoms with Crippen LogP contribution in [0, 0.1) is 6.92 Å². The maximum absolute atomic E-state index is 12.2. The van der Waals surface area contributed by atoms with Gasteiger partial charge in [0, 0.05) is 17.8 Å². The first-order chi connectivity index (χ1) is 13.7. The number of rotatable bonds is 5. The molecule has 2 N–H and O–H groups in total. The molecule has 1 fully saturated rings. The van der Waals surface area contributed by atoms with E-state index in [1.807, 2.05) is 6.07 Å². The summed E-state index contributed by atoms with van der Waals surface area (Å²) in [6.07, 6.45) is 4.33. The Morgan fingerprint density at radius 2 is 2.11 bits per heavy atom. The van der Waals surface area contributed by atoms with E-state index in [4.69, 9.17) is 4.42 Å². The number of amides is 1. The summed E-state index contributed by atoms with van der Waals surface area (Å²) < 4.78 is 8.27. The van der Waals surface area contributed by atoms with Crippen LogP contribution in [0.25, 0.3) is 0 Å². The van der Waals surface area contributed by atoms with E-state index in [9.17, 15) is 4.79 Å². The number of fused-ring (bicyclic) bond motifs is 1. The van der Waals surface area contributed by atoms with Crippen molar-refractivity contribution in [2.24, 2.45) is 0 Å². The zero-order valence-electron chi connectivity index (χ0n) is 16.2. The summed E-state index contributed by atoms with van der Waals surface area (Å²) in [6, 6.07) is 17.5. The molecule has 3 heterocycles. The van der Waals surface area contributed by atoms with Gasteiger partial charge in [-0.1, -0.05) is 23.8 Å². The van der Waals surface area contributed by atoms with E-state index in [2.05, 4.69) is 59.4 Å². The molecule has 0 radical (unpaired) electrons. The summed E-state index contributed by atoms with van der Waals surface area (Å²) in [4.78, 5) is 13.7. The van der Waals surface area contributed by atoms with Crippen LogP contribution < -0.4 is 10.2 Å². The highest BCUT2D eigenvalue weighted by atomic mass is 16.4. The van der Waals surface area contributed by atoms with Crippen LogP contribution in [0.4, 0.5) is 0 Å². The van der Waals surface area contributed by atoms with Gasteiger partial charge >= 0.3 is 0 Å². The molecule has 3 aromatic rings. The maximum atomic E-state index is 12.2. The van der Waals surface area contributed by atoms with Gasteiger partial charge in [-0.05, 0) is 50.1 Å². The molecule has 1 amide bonds. The standard InChI is InChI=1S/C23H25N3O2/c1-16-4-2-5-17(14-16)22-20-6-3-11-25(20)12-13-26(22)15-19-9-10-21(28-19)23(27)24-18-7-8-18/h2-6,9-11,14,18,22H,7-8,12-13,15H2,1H3,(H,24,27)/p+1/t22-/m1/s1. The number of carbonyl (C=O) groups is 1. The highest BCUT2D eigenvalue weighted by molar-refractivity contribution is 5.91. The summed E-state index contributed by atoms with van der Waals surface area (Å²) >= 11 is 0. The van der Waals surface area contributed by atoms with Crippen LogP contribution in [-0.2, 0) is 13.1 Å². The summed E-state index contributed by atoms with van der Waals surface area (Å²) in [7, 11) is 0. The fourth-order valence-corrected chi connectivity index (χ4v) is 4.26. The van der Waals surface area contributed by atoms with Crippen molar-refractivity contribution in [3.63, 3.8) is 0 Å². The Hall–Kier alpha value is -2.79. The van der Waals surface area contributed by atoms with Gasteiger partial charge in [-0.25, -0.2) is 0 Å². The molecule has 1 saturated carbocycles. The normalized spacial score (nSPS) is 21.3. The first kappa shape index (κ1) is 17.3. The van der Waals surface area contributed by atoms with E-state index in [0.717, 1.165) is 38.2 Å². The molecule has 1 aromatic carbocycles. The van der Waals surface area contributed by atoms with Crippen LogP contribution in [0.3, 0.4) is 0 Å². The molecule has 2 aromatic heterocycles. The largest absolute Gasteiger partial charge is 0.450 e. The first-order valence-corrected chi connectivity index (χ1v) is 10.1. The number of nitrogens with zero attached hydrogens (tertiary/aromatic N) is 1. The molecule has 28 heavy (non-hydrogen) atoms. The van der Waals surface area contributed by atoms with E-state index >= 15 is 0 Å². The third-order valence-corrected chi connectivity index (χ3v) is 5.82. The Kier molecular flexibility index (Phi) is 4.32. The number of carbonyl (C=O) groups excluding carboxylic acids is 1. The Balaban J connectivity index is 1.40. The zero-order valence-corrected chi connectivity index (χ0v) is 16.2. The smallest absolute Gasteiger partial charge is 0.287 e. The van der Waals surface area contributed by atoms with Crippen molar-refractivity contribution < 1.29 is 14.1 Å². The molecule has 2 atom stereocenters. The third kappa shape index (κ3) is 3.38. The van der Waals surface area contributed by atoms with E-state index in [-0.39, 0.29) is 11.9 Å². The van der Waals surface area contributed by atoms with Crippen molar-refractivity contribution in [2.75, 3.05) is 6.54 Å². The second kappa shape index (κ2) is 6.99. The lowest BCUT2D eigenvalue weighted by Crippen LogP contribution is -3.12. The van der Waals surface area contributed by atoms with Crippen molar-refractivity contribution >= 4 is 5.91 Å². The van der Waals surface area contributed by atoms with Crippen LogP contribution in [0.2, 0.25) is 0 Å². The SMILES string of the molecule is Cc1cccc([C@@H]2c3cccn3CC[NH+]2Cc2ccc(C(=O)NC3CC3)o2)c1. The molecule has 5 heteroatoms. The predicted octanol–water partition coefficient (Wildman–Crippen LogP) is 2.47. The van der Waals surface area contributed by atoms with Crippen LogP contribution in [-0.4, -0.2) is 23.1 Å². The molecule has 1 aliphatic heterocycles. The number of hydrogen-bond acceptors (Lipinski definition) is 2. The van der Waals surface area contributed by atoms with Gasteiger partial charge in [-0.15, -0.1) is 0 Å². The van der Waals surface area contributed by atoms with Crippen LogP contribution in [0.15, 0.2) is 59.1 Å². The zero-order chi connectivity index (χ0) is 19.1. The molecule has 0 saturated heterocycles. The average molecular weight is 376 g/mol. The maximum Gasteiger partial charge on any atom is 0.287 e. The van der Waals surface area contributed by atoms with Gasteiger partial charge in [0.2, 0.25) is 0 Å². The molecular formula is C23H26N3O2+. The lowest BCUT2D eigenvalue weighted by atomic mass is 9.98. The fourth-order valence-electron chi connectivity index (χ4n) is 4.26. The van der Waals surface area contributed by atoms with Crippen molar-refractivity contribution in [1.29, 1.82) is 0 Å². The van der Waals surface area contributed by atoms with Crippen molar-refractivity contribution in [3.8, 4) is 0 Å². The minimum Gasteiger partial charge on any atom is -0.450 e. The number of hydrogen-bond donors (Lipinski definition) is 2. The fraction of sp³-hybridized carbons (Fsp3) is 0.348. The van der Waals surface area contributed by atoms with Gasteiger partial charge < -0.3 is 19.2 Å². The Bertz CT molecular complexity index is 999. The van der Waals surface area contributed by atoms with Crippen molar-refractivity contribution in [2.45, 2.75) is 44.9 Å². The number of quaternary nitrogens is 1.